The summed E-state index contributed by atoms with van der Waals surface area (Å²) in [5, 5.41) is 0. The first-order valence-corrected chi connectivity index (χ1v) is 6.20. The van der Waals surface area contributed by atoms with Gasteiger partial charge in [0.15, 0.2) is 5.58 Å². The zero-order valence-corrected chi connectivity index (χ0v) is 11.2. The highest BCUT2D eigenvalue weighted by Gasteiger charge is 2.12. The zero-order chi connectivity index (χ0) is 13.4. The summed E-state index contributed by atoms with van der Waals surface area (Å²) < 4.78 is 11.1. The number of aromatic nitrogens is 1. The second kappa shape index (κ2) is 4.43. The normalized spacial score (nSPS) is 10.9. The lowest BCUT2D eigenvalue weighted by molar-refractivity contribution is 0.415. The van der Waals surface area contributed by atoms with Crippen LogP contribution in [-0.2, 0) is 0 Å². The lowest BCUT2D eigenvalue weighted by atomic mass is 10.1. The minimum Gasteiger partial charge on any atom is -0.497 e. The number of oxazole rings is 1. The number of hydrogen-bond donors (Lipinski definition) is 0. The highest BCUT2D eigenvalue weighted by molar-refractivity contribution is 5.82. The number of methoxy groups -OCH3 is 1. The minimum atomic E-state index is 0.631. The molecule has 96 valence electrons. The summed E-state index contributed by atoms with van der Waals surface area (Å²) in [4.78, 5) is 4.60. The molecular formula is C16H15NO2. The van der Waals surface area contributed by atoms with Crippen LogP contribution in [0.1, 0.15) is 11.1 Å². The molecule has 3 rings (SSSR count). The first kappa shape index (κ1) is 11.8. The van der Waals surface area contributed by atoms with E-state index in [1.54, 1.807) is 7.11 Å². The van der Waals surface area contributed by atoms with E-state index in [1.807, 2.05) is 38.1 Å². The molecule has 0 atom stereocenters. The number of hydrogen-bond acceptors (Lipinski definition) is 3. The number of fused-ring (bicyclic) bond motifs is 1. The van der Waals surface area contributed by atoms with Crippen molar-refractivity contribution >= 4 is 11.1 Å². The maximum absolute atomic E-state index is 5.90. The third-order valence-electron chi connectivity index (χ3n) is 3.26. The predicted molar refractivity (Wildman–Crippen MR) is 75.5 cm³/mol. The molecule has 0 aliphatic carbocycles. The summed E-state index contributed by atoms with van der Waals surface area (Å²) in [6, 6.07) is 11.9. The van der Waals surface area contributed by atoms with E-state index >= 15 is 0 Å². The van der Waals surface area contributed by atoms with Gasteiger partial charge in [0.25, 0.3) is 0 Å². The van der Waals surface area contributed by atoms with E-state index in [-0.39, 0.29) is 0 Å². The second-order valence-electron chi connectivity index (χ2n) is 4.63. The molecule has 0 aliphatic heterocycles. The van der Waals surface area contributed by atoms with Crippen LogP contribution in [0.5, 0.6) is 5.75 Å². The molecule has 1 aromatic heterocycles. The van der Waals surface area contributed by atoms with E-state index in [4.69, 9.17) is 9.15 Å². The minimum absolute atomic E-state index is 0.631. The van der Waals surface area contributed by atoms with E-state index in [2.05, 4.69) is 17.1 Å². The van der Waals surface area contributed by atoms with E-state index in [0.29, 0.717) is 5.89 Å². The molecule has 2 aromatic carbocycles. The summed E-state index contributed by atoms with van der Waals surface area (Å²) in [5.41, 5.74) is 4.94. The number of aryl methyl sites for hydroxylation is 2. The first-order valence-electron chi connectivity index (χ1n) is 6.20. The molecule has 3 nitrogen and oxygen atoms in total. The Balaban J connectivity index is 2.20. The van der Waals surface area contributed by atoms with Crippen molar-refractivity contribution in [3.8, 4) is 17.2 Å². The van der Waals surface area contributed by atoms with E-state index in [1.165, 1.54) is 0 Å². The van der Waals surface area contributed by atoms with E-state index in [9.17, 15) is 0 Å². The first-order chi connectivity index (χ1) is 9.19. The van der Waals surface area contributed by atoms with Gasteiger partial charge in [-0.25, -0.2) is 4.98 Å². The molecule has 0 amide bonds. The average Bonchev–Trinajstić information content (AvgIpc) is 2.89. The third kappa shape index (κ3) is 1.97. The van der Waals surface area contributed by atoms with Gasteiger partial charge in [-0.1, -0.05) is 18.2 Å². The van der Waals surface area contributed by atoms with Crippen LogP contribution in [0.3, 0.4) is 0 Å². The summed E-state index contributed by atoms with van der Waals surface area (Å²) in [6.07, 6.45) is 0. The molecule has 19 heavy (non-hydrogen) atoms. The molecule has 3 heteroatoms. The maximum atomic E-state index is 5.90. The summed E-state index contributed by atoms with van der Waals surface area (Å²) >= 11 is 0. The van der Waals surface area contributed by atoms with E-state index < -0.39 is 0 Å². The maximum Gasteiger partial charge on any atom is 0.227 e. The number of nitrogens with zero attached hydrogens (tertiary/aromatic N) is 1. The quantitative estimate of drug-likeness (QED) is 0.689. The standard InChI is InChI=1S/C16H15NO2/c1-10-7-8-11(2)15-14(10)17-16(19-15)12-5-4-6-13(9-12)18-3/h4-9H,1-3H3. The predicted octanol–water partition coefficient (Wildman–Crippen LogP) is 4.12. The molecule has 0 spiro atoms. The van der Waals surface area contributed by atoms with Gasteiger partial charge in [-0.05, 0) is 43.2 Å². The Morgan fingerprint density at radius 2 is 1.84 bits per heavy atom. The Morgan fingerprint density at radius 1 is 1.05 bits per heavy atom. The van der Waals surface area contributed by atoms with Gasteiger partial charge in [0.1, 0.15) is 11.3 Å². The van der Waals surface area contributed by atoms with Crippen LogP contribution in [0.4, 0.5) is 0 Å². The van der Waals surface area contributed by atoms with Gasteiger partial charge in [0.05, 0.1) is 7.11 Å². The van der Waals surface area contributed by atoms with Crippen molar-refractivity contribution in [2.24, 2.45) is 0 Å². The summed E-state index contributed by atoms with van der Waals surface area (Å²) in [7, 11) is 1.65. The molecule has 0 unspecified atom stereocenters. The zero-order valence-electron chi connectivity index (χ0n) is 11.2. The van der Waals surface area contributed by atoms with Gasteiger partial charge in [-0.3, -0.25) is 0 Å². The fourth-order valence-electron chi connectivity index (χ4n) is 2.14. The number of benzene rings is 2. The molecule has 0 saturated carbocycles. The largest absolute Gasteiger partial charge is 0.497 e. The van der Waals surface area contributed by atoms with Gasteiger partial charge in [0.2, 0.25) is 5.89 Å². The van der Waals surface area contributed by atoms with Crippen LogP contribution in [0.15, 0.2) is 40.8 Å². The fourth-order valence-corrected chi connectivity index (χ4v) is 2.14. The van der Waals surface area contributed by atoms with Crippen molar-refractivity contribution in [3.63, 3.8) is 0 Å². The van der Waals surface area contributed by atoms with Gasteiger partial charge in [-0.2, -0.15) is 0 Å². The van der Waals surface area contributed by atoms with Crippen LogP contribution < -0.4 is 4.74 Å². The average molecular weight is 253 g/mol. The Morgan fingerprint density at radius 3 is 2.58 bits per heavy atom. The molecule has 0 fully saturated rings. The number of ether oxygens (including phenoxy) is 1. The van der Waals surface area contributed by atoms with Crippen LogP contribution in [0.25, 0.3) is 22.6 Å². The molecule has 0 aliphatic rings. The van der Waals surface area contributed by atoms with Crippen molar-refractivity contribution < 1.29 is 9.15 Å². The fraction of sp³-hybridized carbons (Fsp3) is 0.188. The second-order valence-corrected chi connectivity index (χ2v) is 4.63. The molecule has 3 aromatic rings. The molecule has 1 heterocycles. The van der Waals surface area contributed by atoms with Crippen LogP contribution in [0, 0.1) is 13.8 Å². The van der Waals surface area contributed by atoms with Crippen molar-refractivity contribution in [1.29, 1.82) is 0 Å². The highest BCUT2D eigenvalue weighted by atomic mass is 16.5. The monoisotopic (exact) mass is 253 g/mol. The Kier molecular flexibility index (Phi) is 2.75. The Bertz CT molecular complexity index is 705. The summed E-state index contributed by atoms with van der Waals surface area (Å²) in [5.74, 6) is 1.43. The van der Waals surface area contributed by atoms with Crippen LogP contribution >= 0.6 is 0 Å². The smallest absolute Gasteiger partial charge is 0.227 e. The molecule has 0 saturated heterocycles. The Labute approximate surface area is 111 Å². The lowest BCUT2D eigenvalue weighted by Gasteiger charge is -2.00. The summed E-state index contributed by atoms with van der Waals surface area (Å²) in [6.45, 7) is 4.07. The van der Waals surface area contributed by atoms with Crippen molar-refractivity contribution in [1.82, 2.24) is 4.98 Å². The SMILES string of the molecule is COc1cccc(-c2nc3c(C)ccc(C)c3o2)c1. The lowest BCUT2D eigenvalue weighted by Crippen LogP contribution is -1.83. The van der Waals surface area contributed by atoms with Crippen molar-refractivity contribution in [2.75, 3.05) is 7.11 Å². The Hall–Kier alpha value is -2.29. The van der Waals surface area contributed by atoms with Crippen molar-refractivity contribution in [2.45, 2.75) is 13.8 Å². The third-order valence-corrected chi connectivity index (χ3v) is 3.26. The van der Waals surface area contributed by atoms with Gasteiger partial charge in [-0.15, -0.1) is 0 Å². The van der Waals surface area contributed by atoms with Crippen LogP contribution in [0.2, 0.25) is 0 Å². The molecule has 0 bridgehead atoms. The highest BCUT2D eigenvalue weighted by Crippen LogP contribution is 2.29. The molecule has 0 radical (unpaired) electrons. The molecular weight excluding hydrogens is 238 g/mol. The van der Waals surface area contributed by atoms with Gasteiger partial charge < -0.3 is 9.15 Å². The van der Waals surface area contributed by atoms with Gasteiger partial charge in [0, 0.05) is 5.56 Å². The topological polar surface area (TPSA) is 35.3 Å². The van der Waals surface area contributed by atoms with Gasteiger partial charge >= 0.3 is 0 Å². The van der Waals surface area contributed by atoms with Crippen LogP contribution in [-0.4, -0.2) is 12.1 Å². The number of rotatable bonds is 2. The van der Waals surface area contributed by atoms with Crippen molar-refractivity contribution in [3.05, 3.63) is 47.5 Å². The molecule has 0 N–H and O–H groups in total. The van der Waals surface area contributed by atoms with E-state index in [0.717, 1.165) is 33.5 Å².